The van der Waals surface area contributed by atoms with E-state index in [1.807, 2.05) is 13.2 Å². The second kappa shape index (κ2) is 6.04. The molecule has 0 unspecified atom stereocenters. The summed E-state index contributed by atoms with van der Waals surface area (Å²) in [7, 11) is 1.98. The first-order valence-electron chi connectivity index (χ1n) is 6.36. The summed E-state index contributed by atoms with van der Waals surface area (Å²) >= 11 is 0. The molecule has 3 heteroatoms. The van der Waals surface area contributed by atoms with E-state index in [9.17, 15) is 0 Å². The zero-order chi connectivity index (χ0) is 12.1. The van der Waals surface area contributed by atoms with Crippen LogP contribution >= 0.6 is 0 Å². The predicted molar refractivity (Wildman–Crippen MR) is 68.7 cm³/mol. The first-order chi connectivity index (χ1) is 7.65. The molecule has 1 N–H and O–H groups in total. The molecule has 1 rings (SSSR count). The van der Waals surface area contributed by atoms with Crippen LogP contribution in [0.2, 0.25) is 0 Å². The van der Waals surface area contributed by atoms with Gasteiger partial charge in [0.1, 0.15) is 0 Å². The van der Waals surface area contributed by atoms with E-state index >= 15 is 0 Å². The summed E-state index contributed by atoms with van der Waals surface area (Å²) in [5, 5.41) is 7.79. The molecule has 0 bridgehead atoms. The molecule has 92 valence electrons. The minimum Gasteiger partial charge on any atom is -0.316 e. The van der Waals surface area contributed by atoms with Crippen LogP contribution in [0, 0.1) is 0 Å². The molecule has 0 aliphatic rings. The number of aromatic nitrogens is 2. The maximum atomic E-state index is 4.57. The van der Waals surface area contributed by atoms with Gasteiger partial charge in [0, 0.05) is 17.8 Å². The molecule has 0 aromatic carbocycles. The summed E-state index contributed by atoms with van der Waals surface area (Å²) in [5.74, 6) is 0.534. The average Bonchev–Trinajstić information content (AvgIpc) is 2.64. The van der Waals surface area contributed by atoms with Gasteiger partial charge in [-0.25, -0.2) is 0 Å². The summed E-state index contributed by atoms with van der Waals surface area (Å²) in [5.41, 5.74) is 2.73. The maximum Gasteiger partial charge on any atom is 0.0537 e. The van der Waals surface area contributed by atoms with Gasteiger partial charge in [0.15, 0.2) is 0 Å². The third kappa shape index (κ3) is 2.64. The average molecular weight is 223 g/mol. The molecule has 0 radical (unpaired) electrons. The van der Waals surface area contributed by atoms with Gasteiger partial charge in [-0.05, 0) is 25.8 Å². The van der Waals surface area contributed by atoms with Gasteiger partial charge in [-0.1, -0.05) is 27.7 Å². The SMILES string of the molecule is CCC(CC)n1ncc(CNC)c1C(C)C. The van der Waals surface area contributed by atoms with Crippen LogP contribution in [0.25, 0.3) is 0 Å². The number of rotatable bonds is 6. The first kappa shape index (κ1) is 13.2. The summed E-state index contributed by atoms with van der Waals surface area (Å²) in [6.45, 7) is 9.87. The van der Waals surface area contributed by atoms with Crippen LogP contribution in [0.3, 0.4) is 0 Å². The summed E-state index contributed by atoms with van der Waals surface area (Å²) < 4.78 is 2.23. The van der Waals surface area contributed by atoms with Crippen molar-refractivity contribution >= 4 is 0 Å². The zero-order valence-corrected chi connectivity index (χ0v) is 11.2. The normalized spacial score (nSPS) is 11.7. The lowest BCUT2D eigenvalue weighted by atomic mass is 10.0. The molecule has 1 aromatic heterocycles. The molecule has 3 nitrogen and oxygen atoms in total. The highest BCUT2D eigenvalue weighted by molar-refractivity contribution is 5.21. The van der Waals surface area contributed by atoms with Crippen LogP contribution in [0.4, 0.5) is 0 Å². The minimum atomic E-state index is 0.534. The molecule has 0 atom stereocenters. The van der Waals surface area contributed by atoms with Crippen LogP contribution in [-0.2, 0) is 6.54 Å². The quantitative estimate of drug-likeness (QED) is 0.803. The third-order valence-corrected chi connectivity index (χ3v) is 3.12. The molecular formula is C13H25N3. The number of hydrogen-bond donors (Lipinski definition) is 1. The molecule has 0 amide bonds. The second-order valence-electron chi connectivity index (χ2n) is 4.65. The van der Waals surface area contributed by atoms with E-state index in [0.717, 1.165) is 19.4 Å². The highest BCUT2D eigenvalue weighted by Gasteiger charge is 2.17. The Morgan fingerprint density at radius 3 is 2.38 bits per heavy atom. The van der Waals surface area contributed by atoms with E-state index in [4.69, 9.17) is 0 Å². The fraction of sp³-hybridized carbons (Fsp3) is 0.769. The van der Waals surface area contributed by atoms with Crippen molar-refractivity contribution in [3.63, 3.8) is 0 Å². The van der Waals surface area contributed by atoms with E-state index in [0.29, 0.717) is 12.0 Å². The maximum absolute atomic E-state index is 4.57. The van der Waals surface area contributed by atoms with Gasteiger partial charge >= 0.3 is 0 Å². The van der Waals surface area contributed by atoms with Crippen molar-refractivity contribution in [1.82, 2.24) is 15.1 Å². The van der Waals surface area contributed by atoms with Gasteiger partial charge in [0.05, 0.1) is 12.2 Å². The van der Waals surface area contributed by atoms with Crippen LogP contribution < -0.4 is 5.32 Å². The van der Waals surface area contributed by atoms with Crippen LogP contribution in [0.1, 0.15) is 63.8 Å². The Kier molecular flexibility index (Phi) is 5.00. The lowest BCUT2D eigenvalue weighted by Crippen LogP contribution is -2.15. The Hall–Kier alpha value is -0.830. The predicted octanol–water partition coefficient (Wildman–Crippen LogP) is 3.09. The molecular weight excluding hydrogens is 198 g/mol. The van der Waals surface area contributed by atoms with Gasteiger partial charge in [0.25, 0.3) is 0 Å². The smallest absolute Gasteiger partial charge is 0.0537 e. The topological polar surface area (TPSA) is 29.9 Å². The van der Waals surface area contributed by atoms with Crippen molar-refractivity contribution < 1.29 is 0 Å². The standard InChI is InChI=1S/C13H25N3/c1-6-12(7-2)16-13(10(3)4)11(8-14-5)9-15-16/h9-10,12,14H,6-8H2,1-5H3. The van der Waals surface area contributed by atoms with Crippen molar-refractivity contribution in [3.8, 4) is 0 Å². The first-order valence-corrected chi connectivity index (χ1v) is 6.36. The molecule has 1 heterocycles. The highest BCUT2D eigenvalue weighted by Crippen LogP contribution is 2.25. The van der Waals surface area contributed by atoms with Crippen LogP contribution in [0.5, 0.6) is 0 Å². The fourth-order valence-corrected chi connectivity index (χ4v) is 2.29. The molecule has 0 saturated heterocycles. The van der Waals surface area contributed by atoms with Crippen molar-refractivity contribution in [2.75, 3.05) is 7.05 Å². The fourth-order valence-electron chi connectivity index (χ4n) is 2.29. The molecule has 0 aliphatic heterocycles. The number of hydrogen-bond acceptors (Lipinski definition) is 2. The Labute approximate surface area is 99.2 Å². The van der Waals surface area contributed by atoms with Crippen LogP contribution in [-0.4, -0.2) is 16.8 Å². The van der Waals surface area contributed by atoms with Gasteiger partial charge in [-0.2, -0.15) is 5.10 Å². The Bertz CT molecular complexity index is 311. The van der Waals surface area contributed by atoms with Crippen LogP contribution in [0.15, 0.2) is 6.20 Å². The minimum absolute atomic E-state index is 0.534. The number of nitrogens with zero attached hydrogens (tertiary/aromatic N) is 2. The Morgan fingerprint density at radius 1 is 1.31 bits per heavy atom. The monoisotopic (exact) mass is 223 g/mol. The van der Waals surface area contributed by atoms with Crippen molar-refractivity contribution in [3.05, 3.63) is 17.5 Å². The summed E-state index contributed by atoms with van der Waals surface area (Å²) in [4.78, 5) is 0. The zero-order valence-electron chi connectivity index (χ0n) is 11.2. The molecule has 0 saturated carbocycles. The van der Waals surface area contributed by atoms with Gasteiger partial charge in [0.2, 0.25) is 0 Å². The van der Waals surface area contributed by atoms with E-state index < -0.39 is 0 Å². The van der Waals surface area contributed by atoms with Crippen molar-refractivity contribution in [1.29, 1.82) is 0 Å². The van der Waals surface area contributed by atoms with Crippen molar-refractivity contribution in [2.45, 2.75) is 59.0 Å². The Balaban J connectivity index is 3.08. The van der Waals surface area contributed by atoms with E-state index in [1.165, 1.54) is 11.3 Å². The van der Waals surface area contributed by atoms with E-state index in [2.05, 4.69) is 42.8 Å². The van der Waals surface area contributed by atoms with E-state index in [-0.39, 0.29) is 0 Å². The number of nitrogens with one attached hydrogen (secondary N) is 1. The van der Waals surface area contributed by atoms with Gasteiger partial charge in [-0.15, -0.1) is 0 Å². The summed E-state index contributed by atoms with van der Waals surface area (Å²) in [6, 6.07) is 0.544. The molecule has 16 heavy (non-hydrogen) atoms. The lowest BCUT2D eigenvalue weighted by molar-refractivity contribution is 0.407. The lowest BCUT2D eigenvalue weighted by Gasteiger charge is -2.19. The molecule has 0 aliphatic carbocycles. The molecule has 0 fully saturated rings. The largest absolute Gasteiger partial charge is 0.316 e. The molecule has 1 aromatic rings. The third-order valence-electron chi connectivity index (χ3n) is 3.12. The molecule has 0 spiro atoms. The second-order valence-corrected chi connectivity index (χ2v) is 4.65. The van der Waals surface area contributed by atoms with Gasteiger partial charge in [-0.3, -0.25) is 4.68 Å². The van der Waals surface area contributed by atoms with Crippen molar-refractivity contribution in [2.24, 2.45) is 0 Å². The highest BCUT2D eigenvalue weighted by atomic mass is 15.3. The summed E-state index contributed by atoms with van der Waals surface area (Å²) in [6.07, 6.45) is 4.32. The van der Waals surface area contributed by atoms with Gasteiger partial charge < -0.3 is 5.32 Å². The van der Waals surface area contributed by atoms with E-state index in [1.54, 1.807) is 0 Å². The Morgan fingerprint density at radius 2 is 1.94 bits per heavy atom.